The first kappa shape index (κ1) is 30.9. The van der Waals surface area contributed by atoms with Crippen LogP contribution in [0.25, 0.3) is 0 Å². The van der Waals surface area contributed by atoms with Crippen LogP contribution in [0.15, 0.2) is 18.2 Å². The summed E-state index contributed by atoms with van der Waals surface area (Å²) in [6.07, 6.45) is 0.712. The molecule has 0 aliphatic rings. The molecular formula is C26H39NO9. The number of hydrogen-bond acceptors (Lipinski definition) is 10. The van der Waals surface area contributed by atoms with E-state index in [4.69, 9.17) is 29.4 Å². The summed E-state index contributed by atoms with van der Waals surface area (Å²) in [5.74, 6) is -1.43. The van der Waals surface area contributed by atoms with Crippen molar-refractivity contribution in [2.24, 2.45) is 5.73 Å². The fraction of sp³-hybridized carbons (Fsp3) is 0.615. The van der Waals surface area contributed by atoms with Gasteiger partial charge in [0.05, 0.1) is 0 Å². The molecule has 202 valence electrons. The normalized spacial score (nSPS) is 12.8. The summed E-state index contributed by atoms with van der Waals surface area (Å²) < 4.78 is 26.1. The van der Waals surface area contributed by atoms with Crippen LogP contribution in [0.2, 0.25) is 0 Å². The Bertz CT molecular complexity index is 897. The number of esters is 3. The highest BCUT2D eigenvalue weighted by Crippen LogP contribution is 2.30. The topological polar surface area (TPSA) is 140 Å². The maximum absolute atomic E-state index is 12.4. The first-order valence-electron chi connectivity index (χ1n) is 12.3. The first-order valence-corrected chi connectivity index (χ1v) is 12.3. The fourth-order valence-corrected chi connectivity index (χ4v) is 2.77. The second-order valence-corrected chi connectivity index (χ2v) is 9.06. The van der Waals surface area contributed by atoms with Crippen molar-refractivity contribution in [2.75, 3.05) is 6.61 Å². The molecule has 0 heterocycles. The van der Waals surface area contributed by atoms with E-state index in [0.29, 0.717) is 24.8 Å². The van der Waals surface area contributed by atoms with Crippen LogP contribution < -0.4 is 15.2 Å². The lowest BCUT2D eigenvalue weighted by atomic mass is 10.1. The van der Waals surface area contributed by atoms with Crippen molar-refractivity contribution in [3.63, 3.8) is 0 Å². The molecule has 0 spiro atoms. The minimum Gasteiger partial charge on any atom is -0.458 e. The maximum atomic E-state index is 12.4. The van der Waals surface area contributed by atoms with Gasteiger partial charge in [-0.2, -0.15) is 0 Å². The number of benzene rings is 1. The number of rotatable bonds is 14. The molecule has 1 aromatic rings. The average Bonchev–Trinajstić information content (AvgIpc) is 2.79. The Hall–Kier alpha value is -3.14. The van der Waals surface area contributed by atoms with Crippen LogP contribution >= 0.6 is 0 Å². The number of carbonyl (C=O) groups excluding carboxylic acids is 4. The summed E-state index contributed by atoms with van der Waals surface area (Å²) in [6.45, 7) is 10.5. The van der Waals surface area contributed by atoms with Gasteiger partial charge in [0.1, 0.15) is 24.4 Å². The van der Waals surface area contributed by atoms with Gasteiger partial charge in [0.15, 0.2) is 11.5 Å². The highest BCUT2D eigenvalue weighted by molar-refractivity contribution is 5.77. The Morgan fingerprint density at radius 2 is 1.53 bits per heavy atom. The van der Waals surface area contributed by atoms with Gasteiger partial charge in [-0.25, -0.2) is 4.79 Å². The fourth-order valence-electron chi connectivity index (χ4n) is 2.77. The third-order valence-corrected chi connectivity index (χ3v) is 5.09. The standard InChI is InChI=1S/C26H39NO9/c1-7-10-22(28)34-20-13-12-18(15-21(20)35-23(29)11-8-2)14-19(27)24(30)33-17(4)16-32-25(31)36-26(5,6)9-3/h12-13,15,17,19H,7-11,14,16,27H2,1-6H3/t17-,19-/m0/s1. The van der Waals surface area contributed by atoms with Gasteiger partial charge in [-0.1, -0.05) is 26.8 Å². The third kappa shape index (κ3) is 11.5. The van der Waals surface area contributed by atoms with E-state index >= 15 is 0 Å². The molecule has 0 saturated heterocycles. The Morgan fingerprint density at radius 3 is 2.08 bits per heavy atom. The molecule has 0 aliphatic heterocycles. The molecule has 0 aromatic heterocycles. The van der Waals surface area contributed by atoms with Gasteiger partial charge >= 0.3 is 24.1 Å². The molecule has 2 N–H and O–H groups in total. The van der Waals surface area contributed by atoms with Crippen LogP contribution in [0.3, 0.4) is 0 Å². The van der Waals surface area contributed by atoms with E-state index in [0.717, 1.165) is 0 Å². The predicted molar refractivity (Wildman–Crippen MR) is 132 cm³/mol. The summed E-state index contributed by atoms with van der Waals surface area (Å²) in [4.78, 5) is 48.2. The summed E-state index contributed by atoms with van der Waals surface area (Å²) in [5.41, 5.74) is 5.92. The Labute approximate surface area is 212 Å². The average molecular weight is 510 g/mol. The molecule has 0 radical (unpaired) electrons. The highest BCUT2D eigenvalue weighted by Gasteiger charge is 2.24. The predicted octanol–water partition coefficient (Wildman–Crippen LogP) is 4.24. The van der Waals surface area contributed by atoms with Crippen molar-refractivity contribution in [3.8, 4) is 11.5 Å². The molecule has 0 unspecified atom stereocenters. The molecule has 0 fully saturated rings. The first-order chi connectivity index (χ1) is 16.9. The zero-order valence-electron chi connectivity index (χ0n) is 22.1. The molecular weight excluding hydrogens is 470 g/mol. The van der Waals surface area contributed by atoms with E-state index in [1.54, 1.807) is 26.8 Å². The van der Waals surface area contributed by atoms with Crippen molar-refractivity contribution < 1.29 is 42.9 Å². The Kier molecular flexibility index (Phi) is 12.9. The molecule has 36 heavy (non-hydrogen) atoms. The zero-order chi connectivity index (χ0) is 27.3. The van der Waals surface area contributed by atoms with Gasteiger partial charge in [0.2, 0.25) is 0 Å². The smallest absolute Gasteiger partial charge is 0.458 e. The molecule has 10 nitrogen and oxygen atoms in total. The zero-order valence-corrected chi connectivity index (χ0v) is 22.1. The number of ether oxygens (including phenoxy) is 5. The minimum absolute atomic E-state index is 0.0701. The highest BCUT2D eigenvalue weighted by atomic mass is 16.7. The van der Waals surface area contributed by atoms with E-state index in [1.807, 2.05) is 20.8 Å². The van der Waals surface area contributed by atoms with Gasteiger partial charge in [0, 0.05) is 12.8 Å². The van der Waals surface area contributed by atoms with Crippen LogP contribution in [-0.2, 0) is 35.0 Å². The monoisotopic (exact) mass is 509 g/mol. The summed E-state index contributed by atoms with van der Waals surface area (Å²) in [6, 6.07) is 3.59. The van der Waals surface area contributed by atoms with Crippen molar-refractivity contribution in [1.82, 2.24) is 0 Å². The molecule has 0 aliphatic carbocycles. The van der Waals surface area contributed by atoms with E-state index < -0.39 is 41.8 Å². The largest absolute Gasteiger partial charge is 0.508 e. The number of carbonyl (C=O) groups is 4. The van der Waals surface area contributed by atoms with Gasteiger partial charge < -0.3 is 29.4 Å². The van der Waals surface area contributed by atoms with Crippen molar-refractivity contribution >= 4 is 24.1 Å². The summed E-state index contributed by atoms with van der Waals surface area (Å²) in [7, 11) is 0. The van der Waals surface area contributed by atoms with Crippen molar-refractivity contribution in [3.05, 3.63) is 23.8 Å². The second-order valence-electron chi connectivity index (χ2n) is 9.06. The van der Waals surface area contributed by atoms with Gasteiger partial charge in [-0.3, -0.25) is 14.4 Å². The third-order valence-electron chi connectivity index (χ3n) is 5.09. The second kappa shape index (κ2) is 15.1. The van der Waals surface area contributed by atoms with Gasteiger partial charge in [-0.05, 0) is 64.2 Å². The molecule has 0 bridgehead atoms. The Balaban J connectivity index is 2.77. The van der Waals surface area contributed by atoms with E-state index in [9.17, 15) is 19.2 Å². The van der Waals surface area contributed by atoms with E-state index in [2.05, 4.69) is 0 Å². The molecule has 1 aromatic carbocycles. The molecule has 10 heteroatoms. The lowest BCUT2D eigenvalue weighted by molar-refractivity contribution is -0.152. The summed E-state index contributed by atoms with van der Waals surface area (Å²) in [5, 5.41) is 0. The number of hydrogen-bond donors (Lipinski definition) is 1. The SMILES string of the molecule is CCCC(=O)Oc1ccc(C[C@H](N)C(=O)O[C@@H](C)COC(=O)OC(C)(C)CC)cc1OC(=O)CCC. The van der Waals surface area contributed by atoms with E-state index in [-0.39, 0.29) is 37.4 Å². The maximum Gasteiger partial charge on any atom is 0.508 e. The molecule has 2 atom stereocenters. The van der Waals surface area contributed by atoms with Crippen LogP contribution in [0.5, 0.6) is 11.5 Å². The van der Waals surface area contributed by atoms with Crippen LogP contribution in [0.1, 0.15) is 79.2 Å². The minimum atomic E-state index is -1.04. The van der Waals surface area contributed by atoms with E-state index in [1.165, 1.54) is 12.1 Å². The van der Waals surface area contributed by atoms with Crippen LogP contribution in [-0.4, -0.2) is 48.4 Å². The van der Waals surface area contributed by atoms with Crippen molar-refractivity contribution in [1.29, 1.82) is 0 Å². The quantitative estimate of drug-likeness (QED) is 0.286. The van der Waals surface area contributed by atoms with Crippen molar-refractivity contribution in [2.45, 2.75) is 97.8 Å². The van der Waals surface area contributed by atoms with Gasteiger partial charge in [0.25, 0.3) is 0 Å². The Morgan fingerprint density at radius 1 is 0.944 bits per heavy atom. The van der Waals surface area contributed by atoms with Gasteiger partial charge in [-0.15, -0.1) is 0 Å². The summed E-state index contributed by atoms with van der Waals surface area (Å²) >= 11 is 0. The lowest BCUT2D eigenvalue weighted by Gasteiger charge is -2.23. The van der Waals surface area contributed by atoms with Crippen LogP contribution in [0.4, 0.5) is 4.79 Å². The molecule has 0 saturated carbocycles. The van der Waals surface area contributed by atoms with Crippen LogP contribution in [0, 0.1) is 0 Å². The number of nitrogens with two attached hydrogens (primary N) is 1. The molecule has 0 amide bonds. The molecule has 1 rings (SSSR count). The lowest BCUT2D eigenvalue weighted by Crippen LogP contribution is -2.37.